The van der Waals surface area contributed by atoms with Gasteiger partial charge in [0.15, 0.2) is 0 Å². The molecule has 1 amide bonds. The zero-order valence-electron chi connectivity index (χ0n) is 18.3. The molecule has 1 N–H and O–H groups in total. The Morgan fingerprint density at radius 2 is 1.78 bits per heavy atom. The van der Waals surface area contributed by atoms with Crippen LogP contribution in [0.2, 0.25) is 0 Å². The summed E-state index contributed by atoms with van der Waals surface area (Å²) in [5.74, 6) is -0.0556. The van der Waals surface area contributed by atoms with E-state index in [9.17, 15) is 9.59 Å². The van der Waals surface area contributed by atoms with Crippen LogP contribution >= 0.6 is 11.3 Å². The fourth-order valence-electron chi connectivity index (χ4n) is 2.98. The Morgan fingerprint density at radius 1 is 1.03 bits per heavy atom. The molecule has 0 radical (unpaired) electrons. The van der Waals surface area contributed by atoms with Crippen molar-refractivity contribution in [3.8, 4) is 16.2 Å². The molecule has 0 spiro atoms. The minimum absolute atomic E-state index is 0.261. The van der Waals surface area contributed by atoms with Crippen molar-refractivity contribution in [2.45, 2.75) is 26.7 Å². The van der Waals surface area contributed by atoms with E-state index >= 15 is 0 Å². The lowest BCUT2D eigenvalue weighted by Gasteiger charge is -2.08. The zero-order valence-corrected chi connectivity index (χ0v) is 19.1. The van der Waals surface area contributed by atoms with Gasteiger partial charge in [-0.25, -0.2) is 4.79 Å². The van der Waals surface area contributed by atoms with Crippen LogP contribution in [0.4, 0.5) is 5.00 Å². The number of hydrogen-bond acceptors (Lipinski definition) is 5. The summed E-state index contributed by atoms with van der Waals surface area (Å²) >= 11 is 1.34. The van der Waals surface area contributed by atoms with Crippen molar-refractivity contribution in [3.63, 3.8) is 0 Å². The molecule has 0 aliphatic rings. The zero-order chi connectivity index (χ0) is 22.8. The molecule has 0 bridgehead atoms. The number of unbranched alkanes of at least 4 members (excludes halogenated alkanes) is 1. The molecule has 2 aromatic carbocycles. The van der Waals surface area contributed by atoms with Crippen molar-refractivity contribution < 1.29 is 19.1 Å². The van der Waals surface area contributed by atoms with E-state index in [1.54, 1.807) is 19.1 Å². The van der Waals surface area contributed by atoms with E-state index in [-0.39, 0.29) is 12.5 Å². The summed E-state index contributed by atoms with van der Waals surface area (Å²) in [6.45, 7) is 4.76. The van der Waals surface area contributed by atoms with E-state index in [1.165, 1.54) is 17.4 Å². The highest BCUT2D eigenvalue weighted by molar-refractivity contribution is 7.20. The molecular weight excluding hydrogens is 422 g/mol. The van der Waals surface area contributed by atoms with Crippen LogP contribution < -0.4 is 10.1 Å². The monoisotopic (exact) mass is 449 g/mol. The van der Waals surface area contributed by atoms with Crippen LogP contribution in [0.3, 0.4) is 0 Å². The quantitative estimate of drug-likeness (QED) is 0.220. The van der Waals surface area contributed by atoms with Gasteiger partial charge in [-0.1, -0.05) is 61.9 Å². The fourth-order valence-corrected chi connectivity index (χ4v) is 4.04. The highest BCUT2D eigenvalue weighted by atomic mass is 32.1. The lowest BCUT2D eigenvalue weighted by Crippen LogP contribution is -2.11. The normalized spacial score (nSPS) is 10.8. The number of anilines is 1. The average molecular weight is 450 g/mol. The number of carbonyl (C=O) groups excluding carboxylic acids is 2. The Hall–Kier alpha value is -3.38. The van der Waals surface area contributed by atoms with Gasteiger partial charge in [0.1, 0.15) is 10.8 Å². The van der Waals surface area contributed by atoms with Crippen LogP contribution in [0.1, 0.15) is 42.6 Å². The average Bonchev–Trinajstić information content (AvgIpc) is 3.23. The summed E-state index contributed by atoms with van der Waals surface area (Å²) in [6.07, 6.45) is 5.18. The van der Waals surface area contributed by atoms with Crippen LogP contribution in [-0.4, -0.2) is 25.1 Å². The minimum Gasteiger partial charge on any atom is -0.493 e. The molecular formula is C26H27NO4S. The molecule has 5 nitrogen and oxygen atoms in total. The lowest BCUT2D eigenvalue weighted by atomic mass is 10.1. The summed E-state index contributed by atoms with van der Waals surface area (Å²) < 4.78 is 11.0. The maximum atomic E-state index is 12.7. The Morgan fingerprint density at radius 3 is 2.53 bits per heavy atom. The van der Waals surface area contributed by atoms with E-state index in [0.29, 0.717) is 17.2 Å². The van der Waals surface area contributed by atoms with Crippen LogP contribution in [-0.2, 0) is 9.53 Å². The molecule has 0 atom stereocenters. The van der Waals surface area contributed by atoms with Crippen LogP contribution in [0, 0.1) is 0 Å². The molecule has 3 aromatic rings. The first-order chi connectivity index (χ1) is 15.6. The van der Waals surface area contributed by atoms with E-state index in [1.807, 2.05) is 54.6 Å². The first-order valence-corrected chi connectivity index (χ1v) is 11.5. The highest BCUT2D eigenvalue weighted by Crippen LogP contribution is 2.36. The smallest absolute Gasteiger partial charge is 0.341 e. The molecule has 0 saturated heterocycles. The van der Waals surface area contributed by atoms with E-state index in [2.05, 4.69) is 12.2 Å². The molecule has 0 saturated carbocycles. The molecule has 166 valence electrons. The van der Waals surface area contributed by atoms with Crippen LogP contribution in [0.15, 0.2) is 66.7 Å². The van der Waals surface area contributed by atoms with Gasteiger partial charge in [-0.05, 0) is 37.1 Å². The van der Waals surface area contributed by atoms with Gasteiger partial charge in [0.25, 0.3) is 0 Å². The van der Waals surface area contributed by atoms with E-state index < -0.39 is 5.97 Å². The van der Waals surface area contributed by atoms with Crippen LogP contribution in [0.5, 0.6) is 5.75 Å². The third-order valence-electron chi connectivity index (χ3n) is 4.61. The van der Waals surface area contributed by atoms with Gasteiger partial charge in [0, 0.05) is 16.5 Å². The van der Waals surface area contributed by atoms with Gasteiger partial charge in [-0.15, -0.1) is 11.3 Å². The molecule has 1 heterocycles. The number of benzene rings is 2. The molecule has 0 fully saturated rings. The van der Waals surface area contributed by atoms with Gasteiger partial charge < -0.3 is 14.8 Å². The van der Waals surface area contributed by atoms with Crippen molar-refractivity contribution >= 4 is 34.3 Å². The number of nitrogens with one attached hydrogen (secondary N) is 1. The van der Waals surface area contributed by atoms with Crippen molar-refractivity contribution in [2.24, 2.45) is 0 Å². The molecule has 0 unspecified atom stereocenters. The summed E-state index contributed by atoms with van der Waals surface area (Å²) in [5.41, 5.74) is 2.14. The summed E-state index contributed by atoms with van der Waals surface area (Å²) in [4.78, 5) is 26.0. The van der Waals surface area contributed by atoms with Gasteiger partial charge in [0.05, 0.1) is 18.8 Å². The van der Waals surface area contributed by atoms with Gasteiger partial charge in [-0.2, -0.15) is 0 Å². The van der Waals surface area contributed by atoms with Crippen molar-refractivity contribution in [3.05, 3.63) is 77.9 Å². The maximum absolute atomic E-state index is 12.7. The SMILES string of the molecule is CCCCOc1ccccc1/C=C/C(=O)Nc1sc(-c2ccccc2)cc1C(=O)OCC. The van der Waals surface area contributed by atoms with Gasteiger partial charge in [0.2, 0.25) is 5.91 Å². The first kappa shape index (κ1) is 23.3. The molecule has 6 heteroatoms. The number of para-hydroxylation sites is 1. The molecule has 3 rings (SSSR count). The third-order valence-corrected chi connectivity index (χ3v) is 5.71. The number of thiophene rings is 1. The second-order valence-corrected chi connectivity index (χ2v) is 8.05. The van der Waals surface area contributed by atoms with E-state index in [0.717, 1.165) is 34.6 Å². The number of esters is 1. The first-order valence-electron chi connectivity index (χ1n) is 10.7. The maximum Gasteiger partial charge on any atom is 0.341 e. The molecule has 1 aromatic heterocycles. The third kappa shape index (κ3) is 6.31. The molecule has 0 aliphatic carbocycles. The molecule has 0 aliphatic heterocycles. The van der Waals surface area contributed by atoms with Crippen molar-refractivity contribution in [1.29, 1.82) is 0 Å². The Bertz CT molecular complexity index is 1070. The second-order valence-electron chi connectivity index (χ2n) is 7.00. The Balaban J connectivity index is 1.78. The summed E-state index contributed by atoms with van der Waals surface area (Å²) in [5, 5.41) is 3.30. The van der Waals surface area contributed by atoms with Crippen molar-refractivity contribution in [1.82, 2.24) is 0 Å². The van der Waals surface area contributed by atoms with Crippen LogP contribution in [0.25, 0.3) is 16.5 Å². The number of rotatable bonds is 10. The van der Waals surface area contributed by atoms with Crippen molar-refractivity contribution in [2.75, 3.05) is 18.5 Å². The minimum atomic E-state index is -0.458. The second kappa shape index (κ2) is 11.9. The van der Waals surface area contributed by atoms with E-state index in [4.69, 9.17) is 9.47 Å². The van der Waals surface area contributed by atoms with Gasteiger partial charge >= 0.3 is 5.97 Å². The number of hydrogen-bond donors (Lipinski definition) is 1. The summed E-state index contributed by atoms with van der Waals surface area (Å²) in [6, 6.07) is 19.1. The standard InChI is InChI=1S/C26H27NO4S/c1-3-5-17-31-22-14-10-9-11-19(22)15-16-24(28)27-25-21(26(29)30-4-2)18-23(32-25)20-12-7-6-8-13-20/h6-16,18H,3-5,17H2,1-2H3,(H,27,28)/b16-15+. The predicted octanol–water partition coefficient (Wildman–Crippen LogP) is 6.42. The largest absolute Gasteiger partial charge is 0.493 e. The van der Waals surface area contributed by atoms with Gasteiger partial charge in [-0.3, -0.25) is 4.79 Å². The summed E-state index contributed by atoms with van der Waals surface area (Å²) in [7, 11) is 0. The molecule has 32 heavy (non-hydrogen) atoms. The Labute approximate surface area is 192 Å². The Kier molecular flexibility index (Phi) is 8.63. The topological polar surface area (TPSA) is 64.6 Å². The number of carbonyl (C=O) groups is 2. The fraction of sp³-hybridized carbons (Fsp3) is 0.231. The number of amides is 1. The predicted molar refractivity (Wildman–Crippen MR) is 130 cm³/mol. The highest BCUT2D eigenvalue weighted by Gasteiger charge is 2.19. The lowest BCUT2D eigenvalue weighted by molar-refractivity contribution is -0.111. The number of ether oxygens (including phenoxy) is 2.